The Kier molecular flexibility index (Phi) is 11.9. The average Bonchev–Trinajstić information content (AvgIpc) is 3.33. The predicted molar refractivity (Wildman–Crippen MR) is 134 cm³/mol. The summed E-state index contributed by atoms with van der Waals surface area (Å²) in [4.78, 5) is 48.8. The molecule has 1 aliphatic rings. The van der Waals surface area contributed by atoms with Gasteiger partial charge in [-0.05, 0) is 18.5 Å². The van der Waals surface area contributed by atoms with Crippen LogP contribution in [0.3, 0.4) is 0 Å². The third-order valence-electron chi connectivity index (χ3n) is 4.87. The van der Waals surface area contributed by atoms with Gasteiger partial charge < -0.3 is 30.5 Å². The first-order chi connectivity index (χ1) is 17.7. The standard InChI is InChI=1S/C19H22N4OS.2C2H2O4/c1-2-5-15(6-3-1)16-13-25-19-17(16)18(21-14-22-19)20-7-4-8-23-9-11-24-12-10-23;2*3-1(4)2(5)6/h1-3,5-6,13-14H,4,7-12H2,(H,20,21,22);2*(H,3,4)(H,5,6). The Morgan fingerprint density at radius 3 is 2.08 bits per heavy atom. The molecule has 1 aromatic carbocycles. The summed E-state index contributed by atoms with van der Waals surface area (Å²) >= 11 is 1.67. The number of nitrogens with one attached hydrogen (secondary N) is 1. The normalized spacial score (nSPS) is 12.9. The number of ether oxygens (including phenoxy) is 1. The number of hydrogen-bond donors (Lipinski definition) is 5. The number of carbonyl (C=O) groups is 4. The van der Waals surface area contributed by atoms with Crippen molar-refractivity contribution < 1.29 is 44.3 Å². The number of fused-ring (bicyclic) bond motifs is 1. The molecule has 0 aliphatic carbocycles. The van der Waals surface area contributed by atoms with Crippen molar-refractivity contribution in [3.05, 3.63) is 42.0 Å². The van der Waals surface area contributed by atoms with Crippen molar-refractivity contribution in [2.45, 2.75) is 6.42 Å². The molecule has 0 unspecified atom stereocenters. The summed E-state index contributed by atoms with van der Waals surface area (Å²) in [6.07, 6.45) is 2.74. The van der Waals surface area contributed by atoms with E-state index in [0.717, 1.165) is 61.8 Å². The van der Waals surface area contributed by atoms with E-state index in [-0.39, 0.29) is 0 Å². The van der Waals surface area contributed by atoms with E-state index in [9.17, 15) is 0 Å². The molecule has 14 heteroatoms. The first-order valence-corrected chi connectivity index (χ1v) is 11.8. The Morgan fingerprint density at radius 1 is 0.919 bits per heavy atom. The monoisotopic (exact) mass is 534 g/mol. The minimum atomic E-state index is -1.82. The Hall–Kier alpha value is -4.14. The lowest BCUT2D eigenvalue weighted by molar-refractivity contribution is -0.159. The summed E-state index contributed by atoms with van der Waals surface area (Å²) in [6.45, 7) is 5.80. The number of morpholine rings is 1. The molecule has 37 heavy (non-hydrogen) atoms. The van der Waals surface area contributed by atoms with Gasteiger partial charge in [0, 0.05) is 30.6 Å². The van der Waals surface area contributed by atoms with Gasteiger partial charge in [0.2, 0.25) is 0 Å². The summed E-state index contributed by atoms with van der Waals surface area (Å²) in [5, 5.41) is 36.4. The topological polar surface area (TPSA) is 199 Å². The van der Waals surface area contributed by atoms with Gasteiger partial charge in [-0.15, -0.1) is 11.3 Å². The van der Waals surface area contributed by atoms with E-state index in [0.29, 0.717) is 0 Å². The predicted octanol–water partition coefficient (Wildman–Crippen LogP) is 1.80. The van der Waals surface area contributed by atoms with E-state index in [2.05, 4.69) is 49.8 Å². The van der Waals surface area contributed by atoms with Crippen LogP contribution >= 0.6 is 11.3 Å². The number of anilines is 1. The Morgan fingerprint density at radius 2 is 1.51 bits per heavy atom. The molecule has 3 aromatic rings. The molecule has 1 saturated heterocycles. The second kappa shape index (κ2) is 15.1. The zero-order valence-corrected chi connectivity index (χ0v) is 20.4. The number of aliphatic carboxylic acids is 4. The van der Waals surface area contributed by atoms with Crippen LogP contribution in [-0.4, -0.2) is 98.6 Å². The molecule has 2 aromatic heterocycles. The summed E-state index contributed by atoms with van der Waals surface area (Å²) in [6, 6.07) is 10.4. The van der Waals surface area contributed by atoms with Crippen molar-refractivity contribution in [2.24, 2.45) is 0 Å². The maximum Gasteiger partial charge on any atom is 0.414 e. The van der Waals surface area contributed by atoms with Crippen LogP contribution in [0.1, 0.15) is 6.42 Å². The molecule has 13 nitrogen and oxygen atoms in total. The molecule has 1 aliphatic heterocycles. The second-order valence-electron chi connectivity index (χ2n) is 7.37. The van der Waals surface area contributed by atoms with Crippen LogP contribution in [0.25, 0.3) is 21.3 Å². The third kappa shape index (κ3) is 9.79. The zero-order chi connectivity index (χ0) is 27.2. The number of rotatable bonds is 6. The molecule has 1 fully saturated rings. The number of hydrogen-bond acceptors (Lipinski definition) is 10. The van der Waals surface area contributed by atoms with E-state index < -0.39 is 23.9 Å². The maximum absolute atomic E-state index is 9.10. The van der Waals surface area contributed by atoms with Gasteiger partial charge in [-0.1, -0.05) is 30.3 Å². The second-order valence-corrected chi connectivity index (χ2v) is 8.23. The van der Waals surface area contributed by atoms with Gasteiger partial charge in [0.25, 0.3) is 0 Å². The van der Waals surface area contributed by atoms with E-state index in [1.54, 1.807) is 17.7 Å². The van der Waals surface area contributed by atoms with E-state index in [1.165, 1.54) is 11.1 Å². The van der Waals surface area contributed by atoms with Crippen LogP contribution in [0.4, 0.5) is 5.82 Å². The first kappa shape index (κ1) is 29.1. The Labute approximate surface area is 215 Å². The number of carboxylic acids is 4. The lowest BCUT2D eigenvalue weighted by Gasteiger charge is -2.26. The minimum Gasteiger partial charge on any atom is -0.473 e. The van der Waals surface area contributed by atoms with Crippen molar-refractivity contribution in [1.82, 2.24) is 14.9 Å². The summed E-state index contributed by atoms with van der Waals surface area (Å²) < 4.78 is 5.40. The zero-order valence-electron chi connectivity index (χ0n) is 19.6. The maximum atomic E-state index is 9.10. The number of benzene rings is 1. The van der Waals surface area contributed by atoms with E-state index in [1.807, 2.05) is 6.07 Å². The SMILES string of the molecule is O=C(O)C(=O)O.O=C(O)C(=O)O.c1ccc(-c2csc3ncnc(NCCCN4CCOCC4)c23)cc1. The summed E-state index contributed by atoms with van der Waals surface area (Å²) in [5.74, 6) is -6.36. The molecule has 5 N–H and O–H groups in total. The third-order valence-corrected chi connectivity index (χ3v) is 5.75. The quantitative estimate of drug-likeness (QED) is 0.227. The number of carboxylic acid groups (broad SMARTS) is 4. The molecule has 198 valence electrons. The Bertz CT molecular complexity index is 1150. The van der Waals surface area contributed by atoms with Gasteiger partial charge in [-0.2, -0.15) is 0 Å². The molecule has 0 spiro atoms. The lowest BCUT2D eigenvalue weighted by atomic mass is 10.1. The molecule has 3 heterocycles. The number of aromatic nitrogens is 2. The molecule has 4 rings (SSSR count). The van der Waals surface area contributed by atoms with Crippen molar-refractivity contribution in [1.29, 1.82) is 0 Å². The van der Waals surface area contributed by atoms with Crippen molar-refractivity contribution in [2.75, 3.05) is 44.7 Å². The van der Waals surface area contributed by atoms with E-state index >= 15 is 0 Å². The summed E-state index contributed by atoms with van der Waals surface area (Å²) in [7, 11) is 0. The van der Waals surface area contributed by atoms with Gasteiger partial charge in [-0.3, -0.25) is 4.90 Å². The number of nitrogens with zero attached hydrogens (tertiary/aromatic N) is 3. The minimum absolute atomic E-state index is 0.856. The molecule has 0 bridgehead atoms. The lowest BCUT2D eigenvalue weighted by Crippen LogP contribution is -2.37. The molecule has 0 amide bonds. The van der Waals surface area contributed by atoms with Crippen LogP contribution in [-0.2, 0) is 23.9 Å². The fourth-order valence-corrected chi connectivity index (χ4v) is 4.09. The van der Waals surface area contributed by atoms with Gasteiger partial charge in [0.1, 0.15) is 17.0 Å². The van der Waals surface area contributed by atoms with Gasteiger partial charge in [0.05, 0.1) is 18.6 Å². The van der Waals surface area contributed by atoms with Crippen LogP contribution in [0, 0.1) is 0 Å². The molecule has 0 saturated carbocycles. The molecular formula is C23H26N4O9S. The fourth-order valence-electron chi connectivity index (χ4n) is 3.17. The number of thiophene rings is 1. The van der Waals surface area contributed by atoms with Crippen LogP contribution in [0.2, 0.25) is 0 Å². The van der Waals surface area contributed by atoms with Crippen molar-refractivity contribution in [3.8, 4) is 11.1 Å². The first-order valence-electron chi connectivity index (χ1n) is 10.9. The van der Waals surface area contributed by atoms with Crippen LogP contribution in [0.5, 0.6) is 0 Å². The van der Waals surface area contributed by atoms with Crippen molar-refractivity contribution >= 4 is 51.2 Å². The van der Waals surface area contributed by atoms with Crippen LogP contribution in [0.15, 0.2) is 42.0 Å². The molecule has 0 atom stereocenters. The largest absolute Gasteiger partial charge is 0.473 e. The van der Waals surface area contributed by atoms with Gasteiger partial charge in [0.15, 0.2) is 0 Å². The van der Waals surface area contributed by atoms with Crippen LogP contribution < -0.4 is 5.32 Å². The summed E-state index contributed by atoms with van der Waals surface area (Å²) in [5.41, 5.74) is 2.41. The molecular weight excluding hydrogens is 508 g/mol. The highest BCUT2D eigenvalue weighted by molar-refractivity contribution is 7.17. The fraction of sp³-hybridized carbons (Fsp3) is 0.304. The Balaban J connectivity index is 0.000000336. The highest BCUT2D eigenvalue weighted by atomic mass is 32.1. The smallest absolute Gasteiger partial charge is 0.414 e. The highest BCUT2D eigenvalue weighted by Gasteiger charge is 2.13. The molecule has 0 radical (unpaired) electrons. The average molecular weight is 535 g/mol. The van der Waals surface area contributed by atoms with Gasteiger partial charge >= 0.3 is 23.9 Å². The van der Waals surface area contributed by atoms with E-state index in [4.69, 9.17) is 44.3 Å². The van der Waals surface area contributed by atoms with Crippen molar-refractivity contribution in [3.63, 3.8) is 0 Å². The van der Waals surface area contributed by atoms with Gasteiger partial charge in [-0.25, -0.2) is 29.1 Å². The highest BCUT2D eigenvalue weighted by Crippen LogP contribution is 2.36.